The first-order valence-corrected chi connectivity index (χ1v) is 10.3. The first kappa shape index (κ1) is 18.3. The Morgan fingerprint density at radius 1 is 1.40 bits per heavy atom. The molecular formula is C17H24N4O2S2. The van der Waals surface area contributed by atoms with E-state index in [4.69, 9.17) is 4.42 Å². The number of amides is 1. The second-order valence-corrected chi connectivity index (χ2v) is 8.85. The summed E-state index contributed by atoms with van der Waals surface area (Å²) in [6.07, 6.45) is 5.31. The van der Waals surface area contributed by atoms with Gasteiger partial charge in [-0.15, -0.1) is 11.3 Å². The standard InChI is InChI=1S/C17H24N4O2S2/c1-17(2,3)13-10-19-14(23-13)11-25-20-15(22)12-4-7-21(8-5-12)16-18-6-9-24-16/h6,9-10,12H,4-5,7-8,11H2,1-3H3,(H,20,22). The van der Waals surface area contributed by atoms with E-state index in [0.717, 1.165) is 36.8 Å². The predicted octanol–water partition coefficient (Wildman–Crippen LogP) is 3.61. The SMILES string of the molecule is CC(C)(C)c1cnc(CSNC(=O)C2CCN(c3nccs3)CC2)o1. The van der Waals surface area contributed by atoms with Crippen molar-refractivity contribution in [1.29, 1.82) is 0 Å². The number of hydrogen-bond donors (Lipinski definition) is 1. The molecule has 0 aliphatic carbocycles. The van der Waals surface area contributed by atoms with Gasteiger partial charge in [-0.3, -0.25) is 9.52 Å². The zero-order valence-corrected chi connectivity index (χ0v) is 16.5. The van der Waals surface area contributed by atoms with Crippen LogP contribution in [0.5, 0.6) is 0 Å². The number of rotatable bonds is 5. The number of piperidine rings is 1. The van der Waals surface area contributed by atoms with E-state index in [1.54, 1.807) is 17.5 Å². The monoisotopic (exact) mass is 380 g/mol. The molecule has 1 saturated heterocycles. The van der Waals surface area contributed by atoms with Crippen molar-refractivity contribution >= 4 is 34.3 Å². The van der Waals surface area contributed by atoms with Gasteiger partial charge < -0.3 is 9.32 Å². The first-order valence-electron chi connectivity index (χ1n) is 8.45. The van der Waals surface area contributed by atoms with Crippen LogP contribution in [0, 0.1) is 5.92 Å². The van der Waals surface area contributed by atoms with Gasteiger partial charge in [0.25, 0.3) is 0 Å². The molecule has 0 atom stereocenters. The summed E-state index contributed by atoms with van der Waals surface area (Å²) in [5, 5.41) is 3.03. The van der Waals surface area contributed by atoms with E-state index >= 15 is 0 Å². The third-order valence-electron chi connectivity index (χ3n) is 4.22. The maximum atomic E-state index is 12.3. The summed E-state index contributed by atoms with van der Waals surface area (Å²) < 4.78 is 8.68. The summed E-state index contributed by atoms with van der Waals surface area (Å²) in [7, 11) is 0. The average Bonchev–Trinajstić information content (AvgIpc) is 3.26. The minimum absolute atomic E-state index is 0.0510. The normalized spacial score (nSPS) is 16.2. The van der Waals surface area contributed by atoms with Crippen LogP contribution in [0.1, 0.15) is 45.3 Å². The summed E-state index contributed by atoms with van der Waals surface area (Å²) >= 11 is 3.00. The Hall–Kier alpha value is -1.54. The quantitative estimate of drug-likeness (QED) is 0.799. The Kier molecular flexibility index (Phi) is 5.68. The Labute approximate surface area is 156 Å². The second-order valence-electron chi connectivity index (χ2n) is 7.20. The fraction of sp³-hybridized carbons (Fsp3) is 0.588. The number of anilines is 1. The van der Waals surface area contributed by atoms with Gasteiger partial charge in [0.15, 0.2) is 5.13 Å². The molecule has 1 aliphatic heterocycles. The van der Waals surface area contributed by atoms with Gasteiger partial charge in [0.2, 0.25) is 11.8 Å². The van der Waals surface area contributed by atoms with Crippen molar-refractivity contribution in [2.45, 2.75) is 44.8 Å². The molecule has 0 spiro atoms. The molecule has 0 aromatic carbocycles. The van der Waals surface area contributed by atoms with Crippen molar-refractivity contribution in [2.24, 2.45) is 5.92 Å². The lowest BCUT2D eigenvalue weighted by Gasteiger charge is -2.30. The van der Waals surface area contributed by atoms with Crippen molar-refractivity contribution in [2.75, 3.05) is 18.0 Å². The fourth-order valence-corrected chi connectivity index (χ4v) is 4.02. The Bertz CT molecular complexity index is 686. The molecule has 3 heterocycles. The van der Waals surface area contributed by atoms with E-state index < -0.39 is 0 Å². The van der Waals surface area contributed by atoms with Crippen LogP contribution >= 0.6 is 23.3 Å². The number of aromatic nitrogens is 2. The molecule has 0 saturated carbocycles. The van der Waals surface area contributed by atoms with E-state index in [-0.39, 0.29) is 17.2 Å². The highest BCUT2D eigenvalue weighted by Gasteiger charge is 2.26. The number of carbonyl (C=O) groups excluding carboxylic acids is 1. The third-order valence-corrected chi connectivity index (χ3v) is 5.79. The van der Waals surface area contributed by atoms with Crippen LogP contribution in [-0.4, -0.2) is 29.0 Å². The van der Waals surface area contributed by atoms with Crippen LogP contribution in [0.4, 0.5) is 5.13 Å². The molecule has 2 aromatic heterocycles. The van der Waals surface area contributed by atoms with Crippen LogP contribution in [0.15, 0.2) is 22.2 Å². The Balaban J connectivity index is 1.41. The minimum Gasteiger partial charge on any atom is -0.444 e. The summed E-state index contributed by atoms with van der Waals surface area (Å²) in [5.74, 6) is 2.22. The molecule has 2 aromatic rings. The van der Waals surface area contributed by atoms with Gasteiger partial charge in [-0.2, -0.15) is 0 Å². The van der Waals surface area contributed by atoms with Gasteiger partial charge in [-0.1, -0.05) is 20.8 Å². The van der Waals surface area contributed by atoms with Crippen molar-refractivity contribution < 1.29 is 9.21 Å². The largest absolute Gasteiger partial charge is 0.444 e. The van der Waals surface area contributed by atoms with Crippen LogP contribution < -0.4 is 9.62 Å². The number of carbonyl (C=O) groups is 1. The Morgan fingerprint density at radius 2 is 2.16 bits per heavy atom. The van der Waals surface area contributed by atoms with Gasteiger partial charge in [-0.05, 0) is 24.8 Å². The summed E-state index contributed by atoms with van der Waals surface area (Å²) in [6, 6.07) is 0. The molecule has 1 amide bonds. The van der Waals surface area contributed by atoms with Crippen molar-refractivity contribution in [3.8, 4) is 0 Å². The molecule has 3 rings (SSSR count). The molecule has 0 bridgehead atoms. The predicted molar refractivity (Wildman–Crippen MR) is 102 cm³/mol. The van der Waals surface area contributed by atoms with Gasteiger partial charge in [0.1, 0.15) is 5.76 Å². The van der Waals surface area contributed by atoms with Crippen LogP contribution in [-0.2, 0) is 16.0 Å². The van der Waals surface area contributed by atoms with Gasteiger partial charge in [0, 0.05) is 36.0 Å². The minimum atomic E-state index is -0.0510. The summed E-state index contributed by atoms with van der Waals surface area (Å²) in [4.78, 5) is 23.2. The van der Waals surface area contributed by atoms with Crippen molar-refractivity contribution in [3.63, 3.8) is 0 Å². The fourth-order valence-electron chi connectivity index (χ4n) is 2.68. The van der Waals surface area contributed by atoms with E-state index in [0.29, 0.717) is 11.6 Å². The van der Waals surface area contributed by atoms with E-state index in [2.05, 4.69) is 40.4 Å². The number of hydrogen-bond acceptors (Lipinski definition) is 7. The van der Waals surface area contributed by atoms with E-state index in [1.807, 2.05) is 11.6 Å². The molecule has 25 heavy (non-hydrogen) atoms. The molecule has 136 valence electrons. The average molecular weight is 381 g/mol. The number of thiazole rings is 1. The third kappa shape index (κ3) is 4.76. The first-order chi connectivity index (χ1) is 11.9. The molecular weight excluding hydrogens is 356 g/mol. The molecule has 8 heteroatoms. The summed E-state index contributed by atoms with van der Waals surface area (Å²) in [5.41, 5.74) is -0.0510. The highest BCUT2D eigenvalue weighted by molar-refractivity contribution is 7.97. The highest BCUT2D eigenvalue weighted by atomic mass is 32.2. The molecule has 1 aliphatic rings. The van der Waals surface area contributed by atoms with E-state index in [9.17, 15) is 4.79 Å². The number of nitrogens with zero attached hydrogens (tertiary/aromatic N) is 3. The second kappa shape index (κ2) is 7.78. The lowest BCUT2D eigenvalue weighted by atomic mass is 9.94. The molecule has 6 nitrogen and oxygen atoms in total. The maximum absolute atomic E-state index is 12.3. The number of oxazole rings is 1. The molecule has 0 unspecified atom stereocenters. The van der Waals surface area contributed by atoms with Crippen molar-refractivity contribution in [1.82, 2.24) is 14.7 Å². The zero-order valence-electron chi connectivity index (χ0n) is 14.8. The Morgan fingerprint density at radius 3 is 2.76 bits per heavy atom. The van der Waals surface area contributed by atoms with Crippen LogP contribution in [0.2, 0.25) is 0 Å². The lowest BCUT2D eigenvalue weighted by Crippen LogP contribution is -2.39. The maximum Gasteiger partial charge on any atom is 0.233 e. The topological polar surface area (TPSA) is 71.3 Å². The zero-order chi connectivity index (χ0) is 17.9. The molecule has 0 radical (unpaired) electrons. The molecule has 1 N–H and O–H groups in total. The lowest BCUT2D eigenvalue weighted by molar-refractivity contribution is -0.123. The van der Waals surface area contributed by atoms with Crippen LogP contribution in [0.25, 0.3) is 0 Å². The molecule has 1 fully saturated rings. The van der Waals surface area contributed by atoms with Crippen molar-refractivity contribution in [3.05, 3.63) is 29.4 Å². The van der Waals surface area contributed by atoms with Crippen LogP contribution in [0.3, 0.4) is 0 Å². The van der Waals surface area contributed by atoms with E-state index in [1.165, 1.54) is 11.9 Å². The van der Waals surface area contributed by atoms with Gasteiger partial charge in [0.05, 0.1) is 11.9 Å². The number of nitrogens with one attached hydrogen (secondary N) is 1. The highest BCUT2D eigenvalue weighted by Crippen LogP contribution is 2.26. The smallest absolute Gasteiger partial charge is 0.233 e. The van der Waals surface area contributed by atoms with Gasteiger partial charge >= 0.3 is 0 Å². The summed E-state index contributed by atoms with van der Waals surface area (Å²) in [6.45, 7) is 8.02. The van der Waals surface area contributed by atoms with Gasteiger partial charge in [-0.25, -0.2) is 9.97 Å².